The Bertz CT molecular complexity index is 1560. The fourth-order valence-corrected chi connectivity index (χ4v) is 5.74. The van der Waals surface area contributed by atoms with Crippen LogP contribution in [-0.2, 0) is 24.2 Å². The monoisotopic (exact) mass is 606 g/mol. The molecule has 0 spiro atoms. The number of methoxy groups -OCH3 is 2. The zero-order chi connectivity index (χ0) is 30.6. The third-order valence-corrected chi connectivity index (χ3v) is 7.89. The van der Waals surface area contributed by atoms with Crippen LogP contribution in [0.1, 0.15) is 34.9 Å². The third-order valence-electron chi connectivity index (χ3n) is 7.44. The lowest BCUT2D eigenvalue weighted by atomic mass is 9.80. The van der Waals surface area contributed by atoms with E-state index in [2.05, 4.69) is 4.98 Å². The summed E-state index contributed by atoms with van der Waals surface area (Å²) >= 11 is 0. The van der Waals surface area contributed by atoms with Gasteiger partial charge in [-0.1, -0.05) is 54.6 Å². The van der Waals surface area contributed by atoms with Crippen molar-refractivity contribution in [1.29, 1.82) is 0 Å². The summed E-state index contributed by atoms with van der Waals surface area (Å²) in [7, 11) is 0.186. The molecule has 4 atom stereocenters. The van der Waals surface area contributed by atoms with Gasteiger partial charge in [0.05, 0.1) is 20.8 Å². The summed E-state index contributed by atoms with van der Waals surface area (Å²) in [5, 5.41) is 11.9. The van der Waals surface area contributed by atoms with E-state index in [-0.39, 0.29) is 18.6 Å². The fourth-order valence-electron chi connectivity index (χ4n) is 5.29. The number of benzene rings is 3. The van der Waals surface area contributed by atoms with Crippen molar-refractivity contribution in [3.05, 3.63) is 118 Å². The van der Waals surface area contributed by atoms with Gasteiger partial charge in [0.25, 0.3) is 0 Å². The van der Waals surface area contributed by atoms with Crippen LogP contribution in [-0.4, -0.2) is 47.5 Å². The third kappa shape index (κ3) is 6.31. The molecule has 3 aromatic carbocycles. The number of aromatic nitrogens is 2. The first-order chi connectivity index (χ1) is 20.7. The van der Waals surface area contributed by atoms with E-state index in [9.17, 15) is 19.4 Å². The summed E-state index contributed by atoms with van der Waals surface area (Å²) in [6.07, 6.45) is -1.25. The van der Waals surface area contributed by atoms with Crippen molar-refractivity contribution in [3.8, 4) is 17.4 Å². The second-order valence-electron chi connectivity index (χ2n) is 9.98. The van der Waals surface area contributed by atoms with Crippen LogP contribution in [0.4, 0.5) is 0 Å². The van der Waals surface area contributed by atoms with E-state index in [0.29, 0.717) is 11.5 Å². The molecule has 12 heteroatoms. The fraction of sp³-hybridized carbons (Fsp3) is 0.290. The molecule has 0 bridgehead atoms. The van der Waals surface area contributed by atoms with Gasteiger partial charge in [-0.3, -0.25) is 4.57 Å². The second kappa shape index (κ2) is 13.0. The molecule has 0 aliphatic carbocycles. The lowest BCUT2D eigenvalue weighted by Crippen LogP contribution is -2.38. The molecule has 4 aromatic rings. The molecule has 5 rings (SSSR count). The Balaban J connectivity index is 1.57. The smallest absolute Gasteiger partial charge is 0.695 e. The second-order valence-corrected chi connectivity index (χ2v) is 10.7. The normalized spacial score (nSPS) is 18.8. The largest absolute Gasteiger partial charge is 0.858 e. The standard InChI is InChI=1S/C31H31N2O9P/c1-20-18-33(30(35)32-29(20)34)28-17-26(42-43(36)37)27(41-28)19-40-31(21-7-5-4-6-8-21,22-9-13-24(38-2)14-10-22)23-11-15-25(39-3)16-12-23/h4-16,18,26-28H,17,19H2,1-3H3,(H-,32,34,35,36,37)/t26-,27+,28+/m0/s1. The Labute approximate surface area is 249 Å². The van der Waals surface area contributed by atoms with Crippen LogP contribution in [0.25, 0.3) is 0 Å². The Morgan fingerprint density at radius 1 is 0.977 bits per heavy atom. The Morgan fingerprint density at radius 2 is 1.53 bits per heavy atom. The number of hydrogen-bond acceptors (Lipinski definition) is 9. The van der Waals surface area contributed by atoms with Crippen LogP contribution < -0.4 is 20.3 Å². The lowest BCUT2D eigenvalue weighted by Gasteiger charge is -2.37. The van der Waals surface area contributed by atoms with Crippen LogP contribution in [0.15, 0.2) is 89.9 Å². The molecule has 1 aliphatic rings. The van der Waals surface area contributed by atoms with E-state index < -0.39 is 43.9 Å². The van der Waals surface area contributed by atoms with Gasteiger partial charge < -0.3 is 24.1 Å². The Kier molecular flexibility index (Phi) is 9.19. The summed E-state index contributed by atoms with van der Waals surface area (Å²) in [4.78, 5) is 25.7. The van der Waals surface area contributed by atoms with E-state index in [1.54, 1.807) is 14.2 Å². The number of ether oxygens (including phenoxy) is 4. The highest BCUT2D eigenvalue weighted by Crippen LogP contribution is 2.43. The molecule has 1 aromatic heterocycles. The molecule has 1 unspecified atom stereocenters. The van der Waals surface area contributed by atoms with Crippen molar-refractivity contribution in [2.75, 3.05) is 20.8 Å². The summed E-state index contributed by atoms with van der Waals surface area (Å²) in [6.45, 7) is 1.44. The Morgan fingerprint density at radius 3 is 2.07 bits per heavy atom. The molecule has 0 radical (unpaired) electrons. The van der Waals surface area contributed by atoms with Crippen molar-refractivity contribution in [1.82, 2.24) is 9.55 Å². The highest BCUT2D eigenvalue weighted by molar-refractivity contribution is 7.32. The number of aryl methyl sites for hydroxylation is 1. The van der Waals surface area contributed by atoms with Gasteiger partial charge in [-0.15, -0.1) is 9.42 Å². The van der Waals surface area contributed by atoms with Crippen molar-refractivity contribution < 1.29 is 38.0 Å². The maximum atomic E-state index is 12.6. The van der Waals surface area contributed by atoms with Crippen LogP contribution in [0.5, 0.6) is 17.4 Å². The van der Waals surface area contributed by atoms with Gasteiger partial charge in [-0.2, -0.15) is 0 Å². The van der Waals surface area contributed by atoms with Gasteiger partial charge in [0.1, 0.15) is 35.5 Å². The summed E-state index contributed by atoms with van der Waals surface area (Å²) in [6, 6.07) is 24.6. The molecule has 0 saturated carbocycles. The molecule has 1 saturated heterocycles. The van der Waals surface area contributed by atoms with E-state index >= 15 is 0 Å². The Hall–Kier alpha value is -4.12. The van der Waals surface area contributed by atoms with Crippen LogP contribution >= 0.6 is 8.25 Å². The molecule has 2 heterocycles. The predicted molar refractivity (Wildman–Crippen MR) is 154 cm³/mol. The van der Waals surface area contributed by atoms with Gasteiger partial charge in [-0.05, 0) is 59.3 Å². The van der Waals surface area contributed by atoms with Crippen LogP contribution in [0, 0.1) is 6.92 Å². The van der Waals surface area contributed by atoms with Crippen molar-refractivity contribution in [2.24, 2.45) is 0 Å². The summed E-state index contributed by atoms with van der Waals surface area (Å²) in [5.74, 6) is 0.708. The minimum Gasteiger partial charge on any atom is -0.858 e. The number of rotatable bonds is 11. The molecule has 1 N–H and O–H groups in total. The first-order valence-electron chi connectivity index (χ1n) is 13.5. The molecular formula is C31H31N2O9P. The maximum Gasteiger partial charge on any atom is 0.695 e. The number of nitrogens with zero attached hydrogens (tertiary/aromatic N) is 2. The zero-order valence-electron chi connectivity index (χ0n) is 23.8. The van der Waals surface area contributed by atoms with E-state index in [4.69, 9.17) is 23.5 Å². The van der Waals surface area contributed by atoms with Crippen molar-refractivity contribution in [2.45, 2.75) is 37.4 Å². The minimum absolute atomic E-state index is 0.0539. The quantitative estimate of drug-likeness (QED) is 0.197. The topological polar surface area (TPSA) is 141 Å². The van der Waals surface area contributed by atoms with Gasteiger partial charge >= 0.3 is 13.9 Å². The summed E-state index contributed by atoms with van der Waals surface area (Å²) < 4.78 is 42.2. The van der Waals surface area contributed by atoms with Crippen LogP contribution in [0.3, 0.4) is 0 Å². The first kappa shape index (κ1) is 30.3. The minimum atomic E-state index is -2.99. The van der Waals surface area contributed by atoms with Crippen LogP contribution in [0.2, 0.25) is 0 Å². The molecule has 1 fully saturated rings. The molecule has 43 heavy (non-hydrogen) atoms. The zero-order valence-corrected chi connectivity index (χ0v) is 24.7. The highest BCUT2D eigenvalue weighted by atomic mass is 31.1. The van der Waals surface area contributed by atoms with E-state index in [1.165, 1.54) is 17.7 Å². The van der Waals surface area contributed by atoms with Crippen molar-refractivity contribution in [3.63, 3.8) is 0 Å². The van der Waals surface area contributed by atoms with Gasteiger partial charge in [0.2, 0.25) is 0 Å². The first-order valence-corrected chi connectivity index (χ1v) is 14.6. The molecule has 11 nitrogen and oxygen atoms in total. The van der Waals surface area contributed by atoms with Gasteiger partial charge in [0, 0.05) is 17.2 Å². The van der Waals surface area contributed by atoms with Gasteiger partial charge in [0.15, 0.2) is 0 Å². The van der Waals surface area contributed by atoms with E-state index in [0.717, 1.165) is 16.7 Å². The van der Waals surface area contributed by atoms with Crippen molar-refractivity contribution >= 4 is 8.25 Å². The summed E-state index contributed by atoms with van der Waals surface area (Å²) in [5.41, 5.74) is 0.679. The lowest BCUT2D eigenvalue weighted by molar-refractivity contribution is -0.276. The molecular weight excluding hydrogens is 575 g/mol. The molecule has 0 amide bonds. The SMILES string of the molecule is COc1ccc(C(OC[C@H]2O[C@@H](n3cc(C)c([O-])nc3=O)C[C@@H]2O[P+](=O)O)(c2ccccc2)c2ccc(OC)cc2)cc1. The average Bonchev–Trinajstić information content (AvgIpc) is 3.41. The highest BCUT2D eigenvalue weighted by Gasteiger charge is 2.46. The maximum absolute atomic E-state index is 12.6. The van der Waals surface area contributed by atoms with E-state index in [1.807, 2.05) is 78.9 Å². The molecule has 1 aliphatic heterocycles. The number of hydrogen-bond donors (Lipinski definition) is 1. The molecule has 224 valence electrons. The predicted octanol–water partition coefficient (Wildman–Crippen LogP) is 3.97. The van der Waals surface area contributed by atoms with Gasteiger partial charge in [-0.25, -0.2) is 9.78 Å². The average molecular weight is 607 g/mol.